The number of rotatable bonds is 6. The van der Waals surface area contributed by atoms with Crippen LogP contribution < -0.4 is 15.0 Å². The molecule has 0 spiro atoms. The number of carbonyl (C=O) groups is 1. The number of alkyl halides is 2. The maximum absolute atomic E-state index is 14.4. The summed E-state index contributed by atoms with van der Waals surface area (Å²) in [5.41, 5.74) is -0.185. The number of anilines is 2. The highest BCUT2D eigenvalue weighted by Gasteiger charge is 2.27. The van der Waals surface area contributed by atoms with Crippen molar-refractivity contribution < 1.29 is 27.8 Å². The number of ether oxygens (including phenoxy) is 3. The molecule has 3 aromatic heterocycles. The van der Waals surface area contributed by atoms with Crippen LogP contribution in [-0.2, 0) is 9.47 Å². The third kappa shape index (κ3) is 5.57. The first-order valence-electron chi connectivity index (χ1n) is 12.1. The van der Waals surface area contributed by atoms with Crippen molar-refractivity contribution in [3.63, 3.8) is 0 Å². The number of hydrogen-bond donors (Lipinski definition) is 1. The fourth-order valence-electron chi connectivity index (χ4n) is 4.01. The number of methoxy groups -OCH3 is 1. The molecule has 13 nitrogen and oxygen atoms in total. The molecule has 0 unspecified atom stereocenters. The van der Waals surface area contributed by atoms with Gasteiger partial charge in [-0.3, -0.25) is 9.88 Å². The lowest BCUT2D eigenvalue weighted by atomic mass is 10.2. The first kappa shape index (κ1) is 26.2. The Hall–Kier alpha value is -4.40. The molecule has 0 bridgehead atoms. The quantitative estimate of drug-likeness (QED) is 0.385. The van der Waals surface area contributed by atoms with Crippen molar-refractivity contribution in [2.75, 3.05) is 43.6 Å². The Balaban J connectivity index is 1.70. The Morgan fingerprint density at radius 1 is 1.08 bits per heavy atom. The zero-order valence-electron chi connectivity index (χ0n) is 21.8. The van der Waals surface area contributed by atoms with E-state index in [9.17, 15) is 13.6 Å². The summed E-state index contributed by atoms with van der Waals surface area (Å²) in [5, 5.41) is 6.80. The van der Waals surface area contributed by atoms with Crippen molar-refractivity contribution in [3.05, 3.63) is 36.4 Å². The maximum Gasteiger partial charge on any atom is 0.412 e. The lowest BCUT2D eigenvalue weighted by Gasteiger charge is -2.27. The largest absolute Gasteiger partial charge is 0.494 e. The summed E-state index contributed by atoms with van der Waals surface area (Å²) in [6, 6.07) is 4.64. The number of benzene rings is 1. The van der Waals surface area contributed by atoms with Crippen LogP contribution in [0.15, 0.2) is 30.6 Å². The van der Waals surface area contributed by atoms with Crippen molar-refractivity contribution in [1.82, 2.24) is 34.3 Å². The molecule has 1 saturated heterocycles. The van der Waals surface area contributed by atoms with E-state index in [-0.39, 0.29) is 40.3 Å². The number of hydrogen-bond acceptors (Lipinski definition) is 10. The van der Waals surface area contributed by atoms with Crippen LogP contribution in [0.5, 0.6) is 5.75 Å². The Labute approximate surface area is 221 Å². The Morgan fingerprint density at radius 2 is 1.79 bits per heavy atom. The summed E-state index contributed by atoms with van der Waals surface area (Å²) < 4.78 is 47.5. The van der Waals surface area contributed by atoms with Gasteiger partial charge >= 0.3 is 6.09 Å². The lowest BCUT2D eigenvalue weighted by molar-refractivity contribution is 0.0636. The van der Waals surface area contributed by atoms with E-state index in [0.717, 1.165) is 4.57 Å². The SMILES string of the molecule is COc1cc(NC(=O)OC(C)(C)C)cc2c1nc(C(F)F)n2-c1nc(N2CCOCC2)nc(-n2cccn2)n1. The lowest BCUT2D eigenvalue weighted by Crippen LogP contribution is -2.37. The van der Waals surface area contributed by atoms with E-state index in [1.807, 2.05) is 4.90 Å². The number of carbonyl (C=O) groups excluding carboxylic acids is 1. The van der Waals surface area contributed by atoms with Crippen LogP contribution >= 0.6 is 0 Å². The summed E-state index contributed by atoms with van der Waals surface area (Å²) in [5.74, 6) is -0.155. The van der Waals surface area contributed by atoms with Crippen LogP contribution in [0.3, 0.4) is 0 Å². The predicted octanol–water partition coefficient (Wildman–Crippen LogP) is 3.53. The van der Waals surface area contributed by atoms with Gasteiger partial charge in [-0.1, -0.05) is 0 Å². The first-order chi connectivity index (χ1) is 18.6. The van der Waals surface area contributed by atoms with Crippen molar-refractivity contribution in [2.24, 2.45) is 0 Å². The molecule has 5 rings (SSSR count). The van der Waals surface area contributed by atoms with Gasteiger partial charge in [0, 0.05) is 37.2 Å². The minimum Gasteiger partial charge on any atom is -0.494 e. The summed E-state index contributed by atoms with van der Waals surface area (Å²) in [4.78, 5) is 32.0. The number of imidazole rings is 1. The molecule has 0 atom stereocenters. The van der Waals surface area contributed by atoms with Gasteiger partial charge in [-0.2, -0.15) is 20.1 Å². The molecule has 15 heteroatoms. The molecule has 1 aliphatic rings. The fourth-order valence-corrected chi connectivity index (χ4v) is 4.01. The number of nitrogens with zero attached hydrogens (tertiary/aromatic N) is 8. The molecule has 0 aliphatic carbocycles. The fraction of sp³-hybridized carbons (Fsp3) is 0.417. The van der Waals surface area contributed by atoms with E-state index in [1.54, 1.807) is 39.2 Å². The van der Waals surface area contributed by atoms with Crippen LogP contribution in [0.4, 0.5) is 25.2 Å². The van der Waals surface area contributed by atoms with Crippen molar-refractivity contribution in [1.29, 1.82) is 0 Å². The summed E-state index contributed by atoms with van der Waals surface area (Å²) >= 11 is 0. The minimum atomic E-state index is -2.99. The van der Waals surface area contributed by atoms with E-state index < -0.39 is 23.9 Å². The van der Waals surface area contributed by atoms with E-state index in [2.05, 4.69) is 30.4 Å². The Bertz CT molecular complexity index is 1480. The van der Waals surface area contributed by atoms with Gasteiger partial charge in [-0.05, 0) is 32.9 Å². The highest BCUT2D eigenvalue weighted by atomic mass is 19.3. The van der Waals surface area contributed by atoms with Gasteiger partial charge in [0.2, 0.25) is 11.9 Å². The molecule has 0 radical (unpaired) electrons. The van der Waals surface area contributed by atoms with E-state index in [4.69, 9.17) is 14.2 Å². The van der Waals surface area contributed by atoms with Crippen LogP contribution in [0.2, 0.25) is 0 Å². The van der Waals surface area contributed by atoms with E-state index in [0.29, 0.717) is 26.3 Å². The van der Waals surface area contributed by atoms with Crippen LogP contribution in [-0.4, -0.2) is 79.4 Å². The van der Waals surface area contributed by atoms with Crippen molar-refractivity contribution in [2.45, 2.75) is 32.8 Å². The molecule has 206 valence electrons. The average molecular weight is 544 g/mol. The summed E-state index contributed by atoms with van der Waals surface area (Å²) in [7, 11) is 1.38. The standard InChI is InChI=1S/C24H27F2N9O4/c1-24(2,3)39-23(36)28-14-12-15-17(16(13-14)37-4)29-19(18(25)26)35(15)22-31-20(33-8-10-38-11-9-33)30-21(32-22)34-7-5-6-27-34/h5-7,12-13,18H,8-11H2,1-4H3,(H,28,36). The molecule has 1 fully saturated rings. The Kier molecular flexibility index (Phi) is 6.99. The topological polar surface area (TPSA) is 134 Å². The molecule has 1 N–H and O–H groups in total. The third-order valence-corrected chi connectivity index (χ3v) is 5.61. The third-order valence-electron chi connectivity index (χ3n) is 5.61. The first-order valence-corrected chi connectivity index (χ1v) is 12.1. The predicted molar refractivity (Wildman–Crippen MR) is 136 cm³/mol. The van der Waals surface area contributed by atoms with Crippen molar-refractivity contribution in [3.8, 4) is 17.6 Å². The number of nitrogens with one attached hydrogen (secondary N) is 1. The van der Waals surface area contributed by atoms with E-state index >= 15 is 0 Å². The normalized spacial score (nSPS) is 14.2. The van der Waals surface area contributed by atoms with Gasteiger partial charge in [0.1, 0.15) is 16.9 Å². The van der Waals surface area contributed by atoms with Gasteiger partial charge in [0.15, 0.2) is 5.82 Å². The second-order valence-electron chi connectivity index (χ2n) is 9.56. The Morgan fingerprint density at radius 3 is 2.44 bits per heavy atom. The molecule has 4 heterocycles. The zero-order valence-corrected chi connectivity index (χ0v) is 21.8. The van der Waals surface area contributed by atoms with Crippen LogP contribution in [0.1, 0.15) is 33.0 Å². The molecular formula is C24H27F2N9O4. The molecule has 39 heavy (non-hydrogen) atoms. The molecule has 0 saturated carbocycles. The number of fused-ring (bicyclic) bond motifs is 1. The second-order valence-corrected chi connectivity index (χ2v) is 9.56. The number of morpholine rings is 1. The minimum absolute atomic E-state index is 0.105. The summed E-state index contributed by atoms with van der Waals surface area (Å²) in [6.07, 6.45) is -0.524. The highest BCUT2D eigenvalue weighted by Crippen LogP contribution is 2.35. The number of halogens is 2. The molecule has 4 aromatic rings. The van der Waals surface area contributed by atoms with Gasteiger partial charge in [-0.25, -0.2) is 23.2 Å². The monoisotopic (exact) mass is 543 g/mol. The van der Waals surface area contributed by atoms with Gasteiger partial charge < -0.3 is 19.1 Å². The zero-order chi connectivity index (χ0) is 27.7. The molecule has 1 amide bonds. The van der Waals surface area contributed by atoms with Crippen molar-refractivity contribution >= 4 is 28.8 Å². The van der Waals surface area contributed by atoms with Gasteiger partial charge in [0.25, 0.3) is 12.4 Å². The maximum atomic E-state index is 14.4. The highest BCUT2D eigenvalue weighted by molar-refractivity contribution is 5.93. The number of amides is 1. The van der Waals surface area contributed by atoms with Gasteiger partial charge in [-0.15, -0.1) is 0 Å². The second kappa shape index (κ2) is 10.4. The summed E-state index contributed by atoms with van der Waals surface area (Å²) in [6.45, 7) is 7.12. The van der Waals surface area contributed by atoms with Crippen LogP contribution in [0.25, 0.3) is 22.9 Å². The molecular weight excluding hydrogens is 516 g/mol. The van der Waals surface area contributed by atoms with E-state index in [1.165, 1.54) is 23.9 Å². The molecule has 1 aromatic carbocycles. The van der Waals surface area contributed by atoms with Gasteiger partial charge in [0.05, 0.1) is 25.8 Å². The van der Waals surface area contributed by atoms with Crippen LogP contribution in [0, 0.1) is 0 Å². The molecule has 1 aliphatic heterocycles. The number of aromatic nitrogens is 7. The average Bonchev–Trinajstić information content (AvgIpc) is 3.56. The smallest absolute Gasteiger partial charge is 0.412 e.